The molecule has 4 rings (SSSR count). The summed E-state index contributed by atoms with van der Waals surface area (Å²) in [7, 11) is 0. The van der Waals surface area contributed by atoms with Gasteiger partial charge in [0.05, 0.1) is 6.10 Å². The Labute approximate surface area is 124 Å². The third-order valence-electron chi connectivity index (χ3n) is 4.32. The van der Waals surface area contributed by atoms with Crippen LogP contribution in [0.15, 0.2) is 72.8 Å². The van der Waals surface area contributed by atoms with Crippen LogP contribution in [0.3, 0.4) is 0 Å². The number of hydrogen-bond acceptors (Lipinski definition) is 1. The molecule has 1 aliphatic rings. The maximum atomic E-state index is 10.8. The van der Waals surface area contributed by atoms with E-state index < -0.39 is 6.10 Å². The Hall–Kier alpha value is -2.38. The molecule has 0 heterocycles. The highest BCUT2D eigenvalue weighted by atomic mass is 16.3. The standard InChI is InChI=1S/C20H16O/c21-20-17-10-4-2-7-15(17)12-13-19(20)18-11-5-8-14-6-1-3-9-16(14)18/h1-13,19-21H/t19-,20-/m0/s1. The first kappa shape index (κ1) is 12.4. The second-order valence-corrected chi connectivity index (χ2v) is 5.53. The van der Waals surface area contributed by atoms with Crippen LogP contribution >= 0.6 is 0 Å². The molecular formula is C20H16O. The average molecular weight is 272 g/mol. The summed E-state index contributed by atoms with van der Waals surface area (Å²) in [6.07, 6.45) is 3.75. The Kier molecular flexibility index (Phi) is 2.87. The Morgan fingerprint density at radius 3 is 2.38 bits per heavy atom. The van der Waals surface area contributed by atoms with Crippen molar-refractivity contribution in [3.8, 4) is 0 Å². The van der Waals surface area contributed by atoms with Gasteiger partial charge in [0.1, 0.15) is 0 Å². The van der Waals surface area contributed by atoms with Crippen molar-refractivity contribution in [1.29, 1.82) is 0 Å². The van der Waals surface area contributed by atoms with Crippen LogP contribution in [0.5, 0.6) is 0 Å². The second kappa shape index (κ2) is 4.87. The highest BCUT2D eigenvalue weighted by Crippen LogP contribution is 2.40. The zero-order chi connectivity index (χ0) is 14.2. The minimum Gasteiger partial charge on any atom is -0.387 e. The number of rotatable bonds is 1. The fraction of sp³-hybridized carbons (Fsp3) is 0.100. The zero-order valence-corrected chi connectivity index (χ0v) is 11.6. The van der Waals surface area contributed by atoms with E-state index in [1.807, 2.05) is 24.3 Å². The molecule has 3 aromatic carbocycles. The smallest absolute Gasteiger partial charge is 0.0899 e. The average Bonchev–Trinajstić information content (AvgIpc) is 2.55. The Morgan fingerprint density at radius 2 is 1.43 bits per heavy atom. The minimum absolute atomic E-state index is 0.00556. The van der Waals surface area contributed by atoms with Crippen LogP contribution < -0.4 is 0 Å². The van der Waals surface area contributed by atoms with E-state index in [1.54, 1.807) is 0 Å². The van der Waals surface area contributed by atoms with Crippen molar-refractivity contribution in [2.24, 2.45) is 0 Å². The van der Waals surface area contributed by atoms with E-state index >= 15 is 0 Å². The molecule has 0 fully saturated rings. The van der Waals surface area contributed by atoms with Crippen LogP contribution in [-0.2, 0) is 0 Å². The van der Waals surface area contributed by atoms with Gasteiger partial charge in [0, 0.05) is 5.92 Å². The van der Waals surface area contributed by atoms with Crippen molar-refractivity contribution in [1.82, 2.24) is 0 Å². The van der Waals surface area contributed by atoms with Crippen molar-refractivity contribution in [3.63, 3.8) is 0 Å². The molecule has 0 bridgehead atoms. The molecule has 0 aliphatic heterocycles. The normalized spacial score (nSPS) is 20.4. The van der Waals surface area contributed by atoms with Crippen LogP contribution in [-0.4, -0.2) is 5.11 Å². The number of hydrogen-bond donors (Lipinski definition) is 1. The lowest BCUT2D eigenvalue weighted by atomic mass is 9.81. The van der Waals surface area contributed by atoms with Crippen LogP contribution in [0.1, 0.15) is 28.7 Å². The highest BCUT2D eigenvalue weighted by Gasteiger charge is 2.26. The van der Waals surface area contributed by atoms with Gasteiger partial charge in [0.15, 0.2) is 0 Å². The third-order valence-corrected chi connectivity index (χ3v) is 4.32. The molecule has 21 heavy (non-hydrogen) atoms. The molecule has 1 aliphatic carbocycles. The van der Waals surface area contributed by atoms with Crippen LogP contribution in [0.4, 0.5) is 0 Å². The fourth-order valence-electron chi connectivity index (χ4n) is 3.25. The lowest BCUT2D eigenvalue weighted by Gasteiger charge is -2.27. The van der Waals surface area contributed by atoms with Gasteiger partial charge < -0.3 is 5.11 Å². The molecule has 0 saturated carbocycles. The molecule has 0 aromatic heterocycles. The molecule has 3 aromatic rings. The second-order valence-electron chi connectivity index (χ2n) is 5.53. The maximum absolute atomic E-state index is 10.8. The van der Waals surface area contributed by atoms with Crippen LogP contribution in [0.25, 0.3) is 16.8 Å². The molecule has 0 saturated heterocycles. The van der Waals surface area contributed by atoms with Crippen molar-refractivity contribution < 1.29 is 5.11 Å². The molecule has 0 amide bonds. The largest absolute Gasteiger partial charge is 0.387 e. The lowest BCUT2D eigenvalue weighted by molar-refractivity contribution is 0.161. The third kappa shape index (κ3) is 1.98. The predicted molar refractivity (Wildman–Crippen MR) is 87.1 cm³/mol. The molecule has 102 valence electrons. The molecule has 0 spiro atoms. The van der Waals surface area contributed by atoms with Gasteiger partial charge in [-0.05, 0) is 27.5 Å². The van der Waals surface area contributed by atoms with Gasteiger partial charge in [-0.15, -0.1) is 0 Å². The first-order valence-electron chi connectivity index (χ1n) is 7.27. The zero-order valence-electron chi connectivity index (χ0n) is 11.6. The summed E-state index contributed by atoms with van der Waals surface area (Å²) in [5, 5.41) is 13.2. The van der Waals surface area contributed by atoms with Gasteiger partial charge in [-0.2, -0.15) is 0 Å². The van der Waals surface area contributed by atoms with Crippen LogP contribution in [0.2, 0.25) is 0 Å². The maximum Gasteiger partial charge on any atom is 0.0899 e. The van der Waals surface area contributed by atoms with E-state index in [4.69, 9.17) is 0 Å². The van der Waals surface area contributed by atoms with Gasteiger partial charge in [-0.3, -0.25) is 0 Å². The van der Waals surface area contributed by atoms with Crippen molar-refractivity contribution in [3.05, 3.63) is 89.5 Å². The van der Waals surface area contributed by atoms with Crippen molar-refractivity contribution in [2.45, 2.75) is 12.0 Å². The van der Waals surface area contributed by atoms with E-state index in [2.05, 4.69) is 54.6 Å². The number of benzene rings is 3. The van der Waals surface area contributed by atoms with Gasteiger partial charge in [-0.25, -0.2) is 0 Å². The SMILES string of the molecule is O[C@H]1c2ccccc2C=C[C@H]1c1cccc2ccccc12. The summed E-state index contributed by atoms with van der Waals surface area (Å²) in [4.78, 5) is 0. The molecule has 2 atom stereocenters. The summed E-state index contributed by atoms with van der Waals surface area (Å²) in [5.41, 5.74) is 3.31. The summed E-state index contributed by atoms with van der Waals surface area (Å²) in [6, 6.07) is 22.7. The van der Waals surface area contributed by atoms with Gasteiger partial charge in [-0.1, -0.05) is 78.9 Å². The molecule has 1 nitrogen and oxygen atoms in total. The Bertz CT molecular complexity index is 827. The predicted octanol–water partition coefficient (Wildman–Crippen LogP) is 4.68. The highest BCUT2D eigenvalue weighted by molar-refractivity contribution is 5.86. The Balaban J connectivity index is 1.88. The summed E-state index contributed by atoms with van der Waals surface area (Å²) in [5.74, 6) is 0.00556. The monoisotopic (exact) mass is 272 g/mol. The van der Waals surface area contributed by atoms with Crippen LogP contribution in [0, 0.1) is 0 Å². The van der Waals surface area contributed by atoms with E-state index in [0.717, 1.165) is 11.1 Å². The summed E-state index contributed by atoms with van der Waals surface area (Å²) >= 11 is 0. The first-order chi connectivity index (χ1) is 10.3. The van der Waals surface area contributed by atoms with E-state index in [9.17, 15) is 5.11 Å². The fourth-order valence-corrected chi connectivity index (χ4v) is 3.25. The number of fused-ring (bicyclic) bond motifs is 2. The number of aliphatic hydroxyl groups is 1. The van der Waals surface area contributed by atoms with Crippen molar-refractivity contribution >= 4 is 16.8 Å². The van der Waals surface area contributed by atoms with Gasteiger partial charge in [0.25, 0.3) is 0 Å². The molecule has 1 N–H and O–H groups in total. The molecule has 1 heteroatoms. The summed E-state index contributed by atoms with van der Waals surface area (Å²) < 4.78 is 0. The molecule has 0 radical (unpaired) electrons. The van der Waals surface area contributed by atoms with Crippen molar-refractivity contribution in [2.75, 3.05) is 0 Å². The number of aliphatic hydroxyl groups excluding tert-OH is 1. The quantitative estimate of drug-likeness (QED) is 0.681. The van der Waals surface area contributed by atoms with Gasteiger partial charge >= 0.3 is 0 Å². The minimum atomic E-state index is -0.489. The first-order valence-corrected chi connectivity index (χ1v) is 7.27. The Morgan fingerprint density at radius 1 is 0.714 bits per heavy atom. The van der Waals surface area contributed by atoms with E-state index in [0.29, 0.717) is 0 Å². The van der Waals surface area contributed by atoms with E-state index in [1.165, 1.54) is 16.3 Å². The molecular weight excluding hydrogens is 256 g/mol. The van der Waals surface area contributed by atoms with Gasteiger partial charge in [0.2, 0.25) is 0 Å². The lowest BCUT2D eigenvalue weighted by Crippen LogP contribution is -2.13. The molecule has 0 unspecified atom stereocenters. The van der Waals surface area contributed by atoms with E-state index in [-0.39, 0.29) is 5.92 Å². The topological polar surface area (TPSA) is 20.2 Å². The summed E-state index contributed by atoms with van der Waals surface area (Å²) in [6.45, 7) is 0.